The lowest BCUT2D eigenvalue weighted by Crippen LogP contribution is -2.60. The third-order valence-electron chi connectivity index (χ3n) is 3.65. The molecule has 0 bridgehead atoms. The van der Waals surface area contributed by atoms with E-state index in [1.54, 1.807) is 18.2 Å². The summed E-state index contributed by atoms with van der Waals surface area (Å²) in [5.41, 5.74) is -1.58. The van der Waals surface area contributed by atoms with Gasteiger partial charge >= 0.3 is 11.9 Å². The summed E-state index contributed by atoms with van der Waals surface area (Å²) in [7, 11) is 2.16. The lowest BCUT2D eigenvalue weighted by atomic mass is 9.78. The van der Waals surface area contributed by atoms with E-state index in [0.29, 0.717) is 5.69 Å². The standard InChI is InChI=1S/C15H15NO6/c1-8(17)11(13(19)21-2)15(14(20)22-3)12(18)9-6-4-5-7-10(9)16-15/h4-7,11,16H,1-3H3/t11-,15-/m0/s1. The van der Waals surface area contributed by atoms with E-state index in [-0.39, 0.29) is 5.56 Å². The van der Waals surface area contributed by atoms with Gasteiger partial charge in [-0.1, -0.05) is 12.1 Å². The number of carbonyl (C=O) groups is 4. The molecule has 0 unspecified atom stereocenters. The number of hydrogen-bond donors (Lipinski definition) is 1. The second-order valence-corrected chi connectivity index (χ2v) is 4.87. The normalized spacial score (nSPS) is 20.6. The minimum Gasteiger partial charge on any atom is -0.468 e. The summed E-state index contributed by atoms with van der Waals surface area (Å²) < 4.78 is 9.28. The van der Waals surface area contributed by atoms with Gasteiger partial charge in [0.2, 0.25) is 11.3 Å². The Morgan fingerprint density at radius 2 is 1.77 bits per heavy atom. The first kappa shape index (κ1) is 15.7. The topological polar surface area (TPSA) is 98.8 Å². The van der Waals surface area contributed by atoms with Crippen LogP contribution < -0.4 is 5.32 Å². The van der Waals surface area contributed by atoms with Crippen molar-refractivity contribution in [3.05, 3.63) is 29.8 Å². The Hall–Kier alpha value is -2.70. The summed E-state index contributed by atoms with van der Waals surface area (Å²) >= 11 is 0. The monoisotopic (exact) mass is 305 g/mol. The van der Waals surface area contributed by atoms with Crippen molar-refractivity contribution in [2.75, 3.05) is 19.5 Å². The van der Waals surface area contributed by atoms with E-state index in [1.165, 1.54) is 6.07 Å². The average Bonchev–Trinajstić information content (AvgIpc) is 2.80. The summed E-state index contributed by atoms with van der Waals surface area (Å²) in [4.78, 5) is 49.0. The molecule has 22 heavy (non-hydrogen) atoms. The van der Waals surface area contributed by atoms with Crippen molar-refractivity contribution < 1.29 is 28.7 Å². The van der Waals surface area contributed by atoms with Crippen LogP contribution in [0.2, 0.25) is 0 Å². The Kier molecular flexibility index (Phi) is 3.99. The van der Waals surface area contributed by atoms with Crippen LogP contribution in [0.1, 0.15) is 17.3 Å². The SMILES string of the molecule is COC(=O)[C@H](C(C)=O)[C@]1(C(=O)OC)Nc2ccccc2C1=O. The van der Waals surface area contributed by atoms with Crippen LogP contribution in [0.25, 0.3) is 0 Å². The van der Waals surface area contributed by atoms with Gasteiger partial charge in [-0.05, 0) is 19.1 Å². The largest absolute Gasteiger partial charge is 0.468 e. The lowest BCUT2D eigenvalue weighted by Gasteiger charge is -2.30. The van der Waals surface area contributed by atoms with E-state index in [2.05, 4.69) is 14.8 Å². The molecule has 0 aromatic heterocycles. The highest BCUT2D eigenvalue weighted by molar-refractivity contribution is 6.29. The Balaban J connectivity index is 2.66. The van der Waals surface area contributed by atoms with Crippen molar-refractivity contribution >= 4 is 29.2 Å². The van der Waals surface area contributed by atoms with Crippen molar-refractivity contribution in [2.45, 2.75) is 12.5 Å². The molecule has 1 N–H and O–H groups in total. The van der Waals surface area contributed by atoms with Crippen LogP contribution in [0.3, 0.4) is 0 Å². The van der Waals surface area contributed by atoms with Crippen molar-refractivity contribution in [1.29, 1.82) is 0 Å². The summed E-state index contributed by atoms with van der Waals surface area (Å²) in [5.74, 6) is -5.00. The molecule has 1 heterocycles. The highest BCUT2D eigenvalue weighted by atomic mass is 16.5. The van der Waals surface area contributed by atoms with Crippen LogP contribution in [0, 0.1) is 5.92 Å². The molecule has 0 radical (unpaired) electrons. The molecule has 2 atom stereocenters. The third kappa shape index (κ3) is 2.05. The fraction of sp³-hybridized carbons (Fsp3) is 0.333. The zero-order chi connectivity index (χ0) is 16.5. The van der Waals surface area contributed by atoms with E-state index >= 15 is 0 Å². The van der Waals surface area contributed by atoms with E-state index in [4.69, 9.17) is 0 Å². The second kappa shape index (κ2) is 5.59. The molecule has 1 aliphatic heterocycles. The van der Waals surface area contributed by atoms with Gasteiger partial charge in [0, 0.05) is 11.3 Å². The van der Waals surface area contributed by atoms with Crippen LogP contribution in [-0.4, -0.2) is 43.3 Å². The van der Waals surface area contributed by atoms with Gasteiger partial charge in [-0.15, -0.1) is 0 Å². The molecule has 0 saturated heterocycles. The summed E-state index contributed by atoms with van der Waals surface area (Å²) in [5, 5.41) is 2.70. The Bertz CT molecular complexity index is 668. The van der Waals surface area contributed by atoms with E-state index in [0.717, 1.165) is 21.1 Å². The van der Waals surface area contributed by atoms with Gasteiger partial charge in [-0.2, -0.15) is 0 Å². The molecule has 7 nitrogen and oxygen atoms in total. The molecule has 2 rings (SSSR count). The molecule has 1 aliphatic rings. The van der Waals surface area contributed by atoms with E-state index in [1.807, 2.05) is 0 Å². The highest BCUT2D eigenvalue weighted by Crippen LogP contribution is 2.38. The molecular formula is C15H15NO6. The quantitative estimate of drug-likeness (QED) is 0.642. The van der Waals surface area contributed by atoms with Gasteiger partial charge in [0.25, 0.3) is 0 Å². The number of anilines is 1. The van der Waals surface area contributed by atoms with Gasteiger partial charge in [0.15, 0.2) is 5.92 Å². The maximum absolute atomic E-state index is 12.8. The molecule has 7 heteroatoms. The minimum absolute atomic E-state index is 0.211. The second-order valence-electron chi connectivity index (χ2n) is 4.87. The minimum atomic E-state index is -2.14. The number of carbonyl (C=O) groups excluding carboxylic acids is 4. The smallest absolute Gasteiger partial charge is 0.341 e. The van der Waals surface area contributed by atoms with Crippen molar-refractivity contribution in [3.8, 4) is 0 Å². The zero-order valence-electron chi connectivity index (χ0n) is 12.3. The molecule has 1 aromatic rings. The maximum atomic E-state index is 12.8. The molecule has 0 spiro atoms. The van der Waals surface area contributed by atoms with Gasteiger partial charge in [-0.25, -0.2) is 4.79 Å². The molecule has 0 amide bonds. The van der Waals surface area contributed by atoms with Crippen LogP contribution in [0.15, 0.2) is 24.3 Å². The number of ketones is 2. The number of para-hydroxylation sites is 1. The van der Waals surface area contributed by atoms with Gasteiger partial charge in [0.1, 0.15) is 5.78 Å². The van der Waals surface area contributed by atoms with Gasteiger partial charge in [-0.3, -0.25) is 14.4 Å². The molecular weight excluding hydrogens is 290 g/mol. The molecule has 0 aliphatic carbocycles. The van der Waals surface area contributed by atoms with Crippen molar-refractivity contribution in [3.63, 3.8) is 0 Å². The van der Waals surface area contributed by atoms with Crippen molar-refractivity contribution in [2.24, 2.45) is 5.92 Å². The molecule has 0 fully saturated rings. The number of Topliss-reactive ketones (excluding diaryl/α,β-unsaturated/α-hetero) is 2. The molecule has 116 valence electrons. The molecule has 1 aromatic carbocycles. The van der Waals surface area contributed by atoms with Crippen LogP contribution in [-0.2, 0) is 23.9 Å². The van der Waals surface area contributed by atoms with Gasteiger partial charge < -0.3 is 14.8 Å². The Labute approximate surface area is 126 Å². The summed E-state index contributed by atoms with van der Waals surface area (Å²) in [6.07, 6.45) is 0. The first-order valence-electron chi connectivity index (χ1n) is 6.48. The van der Waals surface area contributed by atoms with Crippen LogP contribution >= 0.6 is 0 Å². The lowest BCUT2D eigenvalue weighted by molar-refractivity contribution is -0.159. The fourth-order valence-corrected chi connectivity index (χ4v) is 2.66. The predicted octanol–water partition coefficient (Wildman–Crippen LogP) is 0.585. The number of rotatable bonds is 4. The number of hydrogen-bond acceptors (Lipinski definition) is 7. The molecule has 0 saturated carbocycles. The number of nitrogens with one attached hydrogen (secondary N) is 1. The van der Waals surface area contributed by atoms with Crippen LogP contribution in [0.4, 0.5) is 5.69 Å². The summed E-state index contributed by atoms with van der Waals surface area (Å²) in [6.45, 7) is 1.12. The maximum Gasteiger partial charge on any atom is 0.341 e. The Morgan fingerprint density at radius 1 is 1.14 bits per heavy atom. The Morgan fingerprint density at radius 3 is 2.27 bits per heavy atom. The number of esters is 2. The van der Waals surface area contributed by atoms with Gasteiger partial charge in [0.05, 0.1) is 14.2 Å². The number of benzene rings is 1. The third-order valence-corrected chi connectivity index (χ3v) is 3.65. The fourth-order valence-electron chi connectivity index (χ4n) is 2.66. The first-order chi connectivity index (χ1) is 10.4. The van der Waals surface area contributed by atoms with Crippen LogP contribution in [0.5, 0.6) is 0 Å². The number of methoxy groups -OCH3 is 2. The number of fused-ring (bicyclic) bond motifs is 1. The zero-order valence-corrected chi connectivity index (χ0v) is 12.3. The van der Waals surface area contributed by atoms with Crippen molar-refractivity contribution in [1.82, 2.24) is 0 Å². The number of ether oxygens (including phenoxy) is 2. The average molecular weight is 305 g/mol. The predicted molar refractivity (Wildman–Crippen MR) is 75.3 cm³/mol. The van der Waals surface area contributed by atoms with E-state index in [9.17, 15) is 19.2 Å². The van der Waals surface area contributed by atoms with E-state index < -0.39 is 35.0 Å². The highest BCUT2D eigenvalue weighted by Gasteiger charge is 2.62. The summed E-state index contributed by atoms with van der Waals surface area (Å²) in [6, 6.07) is 6.36. The first-order valence-corrected chi connectivity index (χ1v) is 6.48.